The summed E-state index contributed by atoms with van der Waals surface area (Å²) in [7, 11) is 1.65. The molecule has 2 N–H and O–H groups in total. The third kappa shape index (κ3) is 2.79. The number of benzene rings is 1. The first kappa shape index (κ1) is 12.4. The summed E-state index contributed by atoms with van der Waals surface area (Å²) >= 11 is 0. The van der Waals surface area contributed by atoms with Gasteiger partial charge in [0, 0.05) is 5.54 Å². The van der Waals surface area contributed by atoms with E-state index in [2.05, 4.69) is 6.07 Å². The topological polar surface area (TPSA) is 59.0 Å². The Hall–Kier alpha value is -2.05. The number of allylic oxidation sites excluding steroid dienone is 1. The van der Waals surface area contributed by atoms with Crippen LogP contribution in [0.5, 0.6) is 0 Å². The number of hydrogen-bond acceptors (Lipinski definition) is 3. The molecule has 1 aromatic rings. The molecule has 0 spiro atoms. The number of ether oxygens (including phenoxy) is 1. The quantitative estimate of drug-likeness (QED) is 0.881. The van der Waals surface area contributed by atoms with Gasteiger partial charge in [-0.25, -0.2) is 0 Å². The predicted molar refractivity (Wildman–Crippen MR) is 70.6 cm³/mol. The van der Waals surface area contributed by atoms with Gasteiger partial charge in [0.05, 0.1) is 18.7 Å². The van der Waals surface area contributed by atoms with Gasteiger partial charge in [0.2, 0.25) is 0 Å². The molecule has 1 atom stereocenters. The SMILES string of the molecule is COC1=CCC(N)(Cc2ccc(C#N)cc2)C=C1. The molecule has 0 aliphatic heterocycles. The van der Waals surface area contributed by atoms with Gasteiger partial charge in [-0.15, -0.1) is 0 Å². The molecule has 0 bridgehead atoms. The highest BCUT2D eigenvalue weighted by molar-refractivity contribution is 5.34. The maximum absolute atomic E-state index is 8.75. The lowest BCUT2D eigenvalue weighted by Gasteiger charge is -2.27. The van der Waals surface area contributed by atoms with E-state index in [0.29, 0.717) is 5.56 Å². The molecule has 0 heterocycles. The van der Waals surface area contributed by atoms with Gasteiger partial charge in [-0.1, -0.05) is 18.2 Å². The number of methoxy groups -OCH3 is 1. The zero-order chi connectivity index (χ0) is 13.0. The van der Waals surface area contributed by atoms with Crippen molar-refractivity contribution in [2.24, 2.45) is 5.73 Å². The summed E-state index contributed by atoms with van der Waals surface area (Å²) in [6.45, 7) is 0. The highest BCUT2D eigenvalue weighted by Gasteiger charge is 2.23. The molecule has 0 radical (unpaired) electrons. The summed E-state index contributed by atoms with van der Waals surface area (Å²) in [5, 5.41) is 8.75. The average molecular weight is 240 g/mol. The molecule has 0 fully saturated rings. The normalized spacial score (nSPS) is 22.2. The number of nitrogens with zero attached hydrogens (tertiary/aromatic N) is 1. The van der Waals surface area contributed by atoms with Gasteiger partial charge in [-0.05, 0) is 42.7 Å². The maximum atomic E-state index is 8.75. The smallest absolute Gasteiger partial charge is 0.114 e. The van der Waals surface area contributed by atoms with Crippen molar-refractivity contribution in [1.82, 2.24) is 0 Å². The van der Waals surface area contributed by atoms with E-state index in [0.717, 1.165) is 24.2 Å². The van der Waals surface area contributed by atoms with E-state index >= 15 is 0 Å². The van der Waals surface area contributed by atoms with Gasteiger partial charge in [0.25, 0.3) is 0 Å². The van der Waals surface area contributed by atoms with E-state index in [-0.39, 0.29) is 5.54 Å². The van der Waals surface area contributed by atoms with Crippen molar-refractivity contribution in [3.8, 4) is 6.07 Å². The lowest BCUT2D eigenvalue weighted by molar-refractivity contribution is 0.299. The van der Waals surface area contributed by atoms with Gasteiger partial charge in [-0.3, -0.25) is 0 Å². The minimum Gasteiger partial charge on any atom is -0.497 e. The first-order chi connectivity index (χ1) is 8.65. The zero-order valence-electron chi connectivity index (χ0n) is 10.4. The van der Waals surface area contributed by atoms with E-state index in [4.69, 9.17) is 15.7 Å². The summed E-state index contributed by atoms with van der Waals surface area (Å²) in [6.07, 6.45) is 7.41. The summed E-state index contributed by atoms with van der Waals surface area (Å²) < 4.78 is 5.15. The minimum atomic E-state index is -0.365. The molecule has 3 nitrogen and oxygen atoms in total. The molecule has 0 saturated carbocycles. The molecule has 3 heteroatoms. The van der Waals surface area contributed by atoms with E-state index in [1.807, 2.05) is 42.5 Å². The fourth-order valence-corrected chi connectivity index (χ4v) is 2.03. The molecule has 1 aliphatic carbocycles. The Bertz CT molecular complexity index is 522. The second-order valence-electron chi connectivity index (χ2n) is 4.57. The molecule has 1 aromatic carbocycles. The first-order valence-corrected chi connectivity index (χ1v) is 5.86. The standard InChI is InChI=1S/C15H16N2O/c1-18-14-6-8-15(17,9-7-14)10-12-2-4-13(11-16)5-3-12/h2-8H,9-10,17H2,1H3. The minimum absolute atomic E-state index is 0.365. The Kier molecular flexibility index (Phi) is 3.50. The van der Waals surface area contributed by atoms with Gasteiger partial charge < -0.3 is 10.5 Å². The van der Waals surface area contributed by atoms with Crippen LogP contribution in [0.2, 0.25) is 0 Å². The predicted octanol–water partition coefficient (Wildman–Crippen LogP) is 2.29. The molecule has 92 valence electrons. The first-order valence-electron chi connectivity index (χ1n) is 5.86. The second-order valence-corrected chi connectivity index (χ2v) is 4.57. The van der Waals surface area contributed by atoms with Gasteiger partial charge in [0.15, 0.2) is 0 Å². The summed E-state index contributed by atoms with van der Waals surface area (Å²) in [4.78, 5) is 0. The highest BCUT2D eigenvalue weighted by Crippen LogP contribution is 2.23. The Morgan fingerprint density at radius 2 is 2.11 bits per heavy atom. The maximum Gasteiger partial charge on any atom is 0.114 e. The van der Waals surface area contributed by atoms with E-state index in [9.17, 15) is 0 Å². The molecule has 0 amide bonds. The third-order valence-electron chi connectivity index (χ3n) is 3.11. The molecule has 1 unspecified atom stereocenters. The van der Waals surface area contributed by atoms with Crippen LogP contribution in [-0.2, 0) is 11.2 Å². The largest absolute Gasteiger partial charge is 0.497 e. The molecular formula is C15H16N2O. The lowest BCUT2D eigenvalue weighted by atomic mass is 9.85. The average Bonchev–Trinajstić information content (AvgIpc) is 2.40. The van der Waals surface area contributed by atoms with E-state index < -0.39 is 0 Å². The summed E-state index contributed by atoms with van der Waals surface area (Å²) in [5.74, 6) is 0.857. The van der Waals surface area contributed by atoms with Crippen LogP contribution in [0.4, 0.5) is 0 Å². The zero-order valence-corrected chi connectivity index (χ0v) is 10.4. The summed E-state index contributed by atoms with van der Waals surface area (Å²) in [6, 6.07) is 9.66. The highest BCUT2D eigenvalue weighted by atomic mass is 16.5. The number of nitriles is 1. The Balaban J connectivity index is 2.08. The van der Waals surface area contributed by atoms with Crippen LogP contribution in [-0.4, -0.2) is 12.6 Å². The Morgan fingerprint density at radius 3 is 2.61 bits per heavy atom. The van der Waals surface area contributed by atoms with Crippen LogP contribution in [0.15, 0.2) is 48.3 Å². The molecular weight excluding hydrogens is 224 g/mol. The number of nitrogens with two attached hydrogens (primary N) is 1. The van der Waals surface area contributed by atoms with Crippen molar-refractivity contribution in [3.05, 3.63) is 59.4 Å². The van der Waals surface area contributed by atoms with Crippen LogP contribution < -0.4 is 5.73 Å². The second kappa shape index (κ2) is 5.07. The van der Waals surface area contributed by atoms with Crippen molar-refractivity contribution >= 4 is 0 Å². The number of rotatable bonds is 3. The lowest BCUT2D eigenvalue weighted by Crippen LogP contribution is -2.40. The Morgan fingerprint density at radius 1 is 1.39 bits per heavy atom. The van der Waals surface area contributed by atoms with Crippen molar-refractivity contribution in [2.75, 3.05) is 7.11 Å². The van der Waals surface area contributed by atoms with Crippen molar-refractivity contribution in [1.29, 1.82) is 5.26 Å². The Labute approximate surface area is 107 Å². The van der Waals surface area contributed by atoms with Crippen LogP contribution in [0.25, 0.3) is 0 Å². The monoisotopic (exact) mass is 240 g/mol. The van der Waals surface area contributed by atoms with Gasteiger partial charge in [0.1, 0.15) is 5.76 Å². The summed E-state index contributed by atoms with van der Waals surface area (Å²) in [5.41, 5.74) is 7.77. The van der Waals surface area contributed by atoms with Gasteiger partial charge >= 0.3 is 0 Å². The molecule has 0 saturated heterocycles. The fraction of sp³-hybridized carbons (Fsp3) is 0.267. The van der Waals surface area contributed by atoms with Crippen LogP contribution in [0.1, 0.15) is 17.5 Å². The third-order valence-corrected chi connectivity index (χ3v) is 3.11. The van der Waals surface area contributed by atoms with Crippen LogP contribution in [0.3, 0.4) is 0 Å². The van der Waals surface area contributed by atoms with Crippen LogP contribution in [0, 0.1) is 11.3 Å². The van der Waals surface area contributed by atoms with Crippen molar-refractivity contribution in [3.63, 3.8) is 0 Å². The van der Waals surface area contributed by atoms with Crippen molar-refractivity contribution in [2.45, 2.75) is 18.4 Å². The van der Waals surface area contributed by atoms with E-state index in [1.54, 1.807) is 7.11 Å². The molecule has 1 aliphatic rings. The van der Waals surface area contributed by atoms with Crippen LogP contribution >= 0.6 is 0 Å². The molecule has 0 aromatic heterocycles. The molecule has 18 heavy (non-hydrogen) atoms. The van der Waals surface area contributed by atoms with Gasteiger partial charge in [-0.2, -0.15) is 5.26 Å². The molecule has 2 rings (SSSR count). The van der Waals surface area contributed by atoms with E-state index in [1.165, 1.54) is 0 Å². The fourth-order valence-electron chi connectivity index (χ4n) is 2.03. The number of hydrogen-bond donors (Lipinski definition) is 1. The van der Waals surface area contributed by atoms with Crippen molar-refractivity contribution < 1.29 is 4.74 Å².